The third kappa shape index (κ3) is 5.12. The summed E-state index contributed by atoms with van der Waals surface area (Å²) in [6, 6.07) is 12.2. The lowest BCUT2D eigenvalue weighted by molar-refractivity contribution is -0.130. The zero-order valence-corrected chi connectivity index (χ0v) is 20.7. The quantitative estimate of drug-likeness (QED) is 0.469. The normalized spacial score (nSPS) is 14.6. The smallest absolute Gasteiger partial charge is 0.233 e. The first kappa shape index (κ1) is 23.4. The molecule has 1 aromatic heterocycles. The molecule has 33 heavy (non-hydrogen) atoms. The van der Waals surface area contributed by atoms with Gasteiger partial charge in [0.25, 0.3) is 0 Å². The van der Waals surface area contributed by atoms with E-state index in [0.717, 1.165) is 67.0 Å². The van der Waals surface area contributed by atoms with Crippen LogP contribution < -0.4 is 9.47 Å². The van der Waals surface area contributed by atoms with Crippen LogP contribution in [0.2, 0.25) is 0 Å². The maximum atomic E-state index is 12.9. The molecule has 1 aliphatic heterocycles. The van der Waals surface area contributed by atoms with E-state index in [9.17, 15) is 4.79 Å². The van der Waals surface area contributed by atoms with Crippen LogP contribution in [0.15, 0.2) is 41.6 Å². The summed E-state index contributed by atoms with van der Waals surface area (Å²) in [7, 11) is 3.32. The number of nitrogens with zero attached hydrogens (tertiary/aromatic N) is 4. The van der Waals surface area contributed by atoms with Gasteiger partial charge in [-0.05, 0) is 49.2 Å². The molecule has 0 N–H and O–H groups in total. The highest BCUT2D eigenvalue weighted by Crippen LogP contribution is 2.31. The van der Waals surface area contributed by atoms with E-state index in [-0.39, 0.29) is 5.91 Å². The van der Waals surface area contributed by atoms with E-state index in [1.165, 1.54) is 22.9 Å². The molecule has 176 valence electrons. The van der Waals surface area contributed by atoms with Crippen LogP contribution in [0.4, 0.5) is 0 Å². The van der Waals surface area contributed by atoms with Gasteiger partial charge in [-0.3, -0.25) is 9.69 Å². The van der Waals surface area contributed by atoms with E-state index < -0.39 is 0 Å². The number of ether oxygens (including phenoxy) is 2. The summed E-state index contributed by atoms with van der Waals surface area (Å²) in [5.41, 5.74) is 4.50. The van der Waals surface area contributed by atoms with Gasteiger partial charge >= 0.3 is 0 Å². The number of thioether (sulfide) groups is 1. The van der Waals surface area contributed by atoms with Crippen LogP contribution in [-0.2, 0) is 17.9 Å². The second kappa shape index (κ2) is 10.5. The Morgan fingerprint density at radius 1 is 1.06 bits per heavy atom. The maximum Gasteiger partial charge on any atom is 0.233 e. The molecule has 1 amide bonds. The van der Waals surface area contributed by atoms with Gasteiger partial charge in [0.2, 0.25) is 5.91 Å². The van der Waals surface area contributed by atoms with Crippen LogP contribution in [0.1, 0.15) is 18.1 Å². The van der Waals surface area contributed by atoms with Crippen molar-refractivity contribution in [2.24, 2.45) is 0 Å². The molecule has 0 saturated carbocycles. The van der Waals surface area contributed by atoms with Crippen LogP contribution in [0.5, 0.6) is 11.5 Å². The maximum absolute atomic E-state index is 12.9. The summed E-state index contributed by atoms with van der Waals surface area (Å²) in [4.78, 5) is 22.0. The third-order valence-electron chi connectivity index (χ3n) is 6.22. The molecule has 0 spiro atoms. The summed E-state index contributed by atoms with van der Waals surface area (Å²) in [5, 5.41) is 0.912. The number of aryl methyl sites for hydroxylation is 2. The molecule has 2 aromatic carbocycles. The number of carbonyl (C=O) groups is 1. The number of hydrogen-bond acceptors (Lipinski definition) is 6. The number of benzene rings is 2. The lowest BCUT2D eigenvalue weighted by atomic mass is 10.1. The average molecular weight is 469 g/mol. The predicted molar refractivity (Wildman–Crippen MR) is 132 cm³/mol. The number of piperazine rings is 1. The molecular weight excluding hydrogens is 436 g/mol. The number of methoxy groups -OCH3 is 2. The highest BCUT2D eigenvalue weighted by molar-refractivity contribution is 7.99. The van der Waals surface area contributed by atoms with Crippen molar-refractivity contribution >= 4 is 28.7 Å². The van der Waals surface area contributed by atoms with Crippen molar-refractivity contribution in [3.63, 3.8) is 0 Å². The van der Waals surface area contributed by atoms with Crippen LogP contribution >= 0.6 is 11.8 Å². The number of aromatic nitrogens is 2. The lowest BCUT2D eigenvalue weighted by Gasteiger charge is -2.35. The van der Waals surface area contributed by atoms with Gasteiger partial charge in [0.1, 0.15) is 0 Å². The number of imidazole rings is 1. The molecule has 1 fully saturated rings. The summed E-state index contributed by atoms with van der Waals surface area (Å²) < 4.78 is 13.0. The Balaban J connectivity index is 1.32. The minimum atomic E-state index is 0.177. The van der Waals surface area contributed by atoms with Crippen molar-refractivity contribution in [1.82, 2.24) is 19.4 Å². The number of para-hydroxylation sites is 2. The molecule has 0 aliphatic carbocycles. The molecule has 2 heterocycles. The minimum Gasteiger partial charge on any atom is -0.493 e. The highest BCUT2D eigenvalue weighted by Gasteiger charge is 2.23. The van der Waals surface area contributed by atoms with Crippen LogP contribution in [-0.4, -0.2) is 71.4 Å². The average Bonchev–Trinajstić information content (AvgIpc) is 3.21. The first-order chi connectivity index (χ1) is 16.0. The van der Waals surface area contributed by atoms with Gasteiger partial charge in [0, 0.05) is 39.3 Å². The number of amides is 1. The van der Waals surface area contributed by atoms with Gasteiger partial charge in [0.15, 0.2) is 16.7 Å². The second-order valence-electron chi connectivity index (χ2n) is 8.21. The van der Waals surface area contributed by atoms with E-state index in [4.69, 9.17) is 14.5 Å². The molecule has 0 radical (unpaired) electrons. The van der Waals surface area contributed by atoms with Crippen molar-refractivity contribution in [3.8, 4) is 11.5 Å². The van der Waals surface area contributed by atoms with Gasteiger partial charge < -0.3 is 18.9 Å². The SMILES string of the molecule is CCn1c(SCC(=O)N2CCN(Cc3cc(OC)c(OC)cc3C)CC2)nc2ccccc21. The van der Waals surface area contributed by atoms with Gasteiger partial charge in [0.05, 0.1) is 31.0 Å². The Morgan fingerprint density at radius 2 is 1.76 bits per heavy atom. The number of carbonyl (C=O) groups excluding carboxylic acids is 1. The van der Waals surface area contributed by atoms with E-state index in [0.29, 0.717) is 5.75 Å². The van der Waals surface area contributed by atoms with Gasteiger partial charge in [-0.1, -0.05) is 23.9 Å². The minimum absolute atomic E-state index is 0.177. The van der Waals surface area contributed by atoms with Crippen molar-refractivity contribution in [2.75, 3.05) is 46.2 Å². The van der Waals surface area contributed by atoms with Crippen molar-refractivity contribution in [2.45, 2.75) is 32.1 Å². The highest BCUT2D eigenvalue weighted by atomic mass is 32.2. The van der Waals surface area contributed by atoms with E-state index in [2.05, 4.69) is 35.4 Å². The van der Waals surface area contributed by atoms with E-state index >= 15 is 0 Å². The lowest BCUT2D eigenvalue weighted by Crippen LogP contribution is -2.48. The summed E-state index contributed by atoms with van der Waals surface area (Å²) >= 11 is 1.53. The molecule has 4 rings (SSSR count). The first-order valence-corrected chi connectivity index (χ1v) is 12.3. The Kier molecular flexibility index (Phi) is 7.45. The largest absolute Gasteiger partial charge is 0.493 e. The number of hydrogen-bond donors (Lipinski definition) is 0. The molecule has 1 saturated heterocycles. The summed E-state index contributed by atoms with van der Waals surface area (Å²) in [6.07, 6.45) is 0. The fourth-order valence-corrected chi connectivity index (χ4v) is 5.26. The Hall–Kier alpha value is -2.71. The van der Waals surface area contributed by atoms with Crippen molar-refractivity contribution < 1.29 is 14.3 Å². The monoisotopic (exact) mass is 468 g/mol. The Morgan fingerprint density at radius 3 is 2.45 bits per heavy atom. The molecular formula is C25H32N4O3S. The zero-order valence-electron chi connectivity index (χ0n) is 19.8. The van der Waals surface area contributed by atoms with Gasteiger partial charge in [-0.15, -0.1) is 0 Å². The molecule has 8 heteroatoms. The molecule has 0 bridgehead atoms. The summed E-state index contributed by atoms with van der Waals surface area (Å²) in [6.45, 7) is 9.09. The van der Waals surface area contributed by atoms with Crippen LogP contribution in [0, 0.1) is 6.92 Å². The van der Waals surface area contributed by atoms with Gasteiger partial charge in [-0.25, -0.2) is 4.98 Å². The van der Waals surface area contributed by atoms with Gasteiger partial charge in [-0.2, -0.15) is 0 Å². The van der Waals surface area contributed by atoms with Crippen molar-refractivity contribution in [3.05, 3.63) is 47.5 Å². The fourth-order valence-electron chi connectivity index (χ4n) is 4.28. The number of rotatable bonds is 8. The van der Waals surface area contributed by atoms with E-state index in [1.54, 1.807) is 14.2 Å². The third-order valence-corrected chi connectivity index (χ3v) is 7.18. The van der Waals surface area contributed by atoms with Crippen LogP contribution in [0.25, 0.3) is 11.0 Å². The van der Waals surface area contributed by atoms with E-state index in [1.807, 2.05) is 29.2 Å². The Labute approximate surface area is 199 Å². The molecule has 0 atom stereocenters. The van der Waals surface area contributed by atoms with Crippen LogP contribution in [0.3, 0.4) is 0 Å². The predicted octanol–water partition coefficient (Wildman–Crippen LogP) is 3.82. The van der Waals surface area contributed by atoms with Crippen molar-refractivity contribution in [1.29, 1.82) is 0 Å². The number of fused-ring (bicyclic) bond motifs is 1. The summed E-state index contributed by atoms with van der Waals surface area (Å²) in [5.74, 6) is 2.10. The topological polar surface area (TPSA) is 59.8 Å². The zero-order chi connectivity index (χ0) is 23.4. The molecule has 1 aliphatic rings. The second-order valence-corrected chi connectivity index (χ2v) is 9.15. The molecule has 7 nitrogen and oxygen atoms in total. The Bertz CT molecular complexity index is 1120. The standard InChI is InChI=1S/C25H32N4O3S/c1-5-29-21-9-7-6-8-20(21)26-25(29)33-17-24(30)28-12-10-27(11-13-28)16-19-15-23(32-4)22(31-3)14-18(19)2/h6-9,14-15H,5,10-13,16-17H2,1-4H3. The fraction of sp³-hybridized carbons (Fsp3) is 0.440. The molecule has 3 aromatic rings. The molecule has 0 unspecified atom stereocenters. The first-order valence-electron chi connectivity index (χ1n) is 11.3.